The number of carbonyl (C=O) groups is 1. The van der Waals surface area contributed by atoms with Crippen molar-refractivity contribution in [1.29, 1.82) is 0 Å². The molecule has 2 aliphatic rings. The summed E-state index contributed by atoms with van der Waals surface area (Å²) >= 11 is 0. The quantitative estimate of drug-likeness (QED) is 0.752. The molecule has 1 amide bonds. The summed E-state index contributed by atoms with van der Waals surface area (Å²) < 4.78 is 0. The number of imidazole rings is 1. The maximum Gasteiger partial charge on any atom is 0.254 e. The minimum absolute atomic E-state index is 0.00442. The van der Waals surface area contributed by atoms with Crippen LogP contribution >= 0.6 is 0 Å². The number of fused-ring (bicyclic) bond motifs is 1. The third-order valence-electron chi connectivity index (χ3n) is 4.48. The molecule has 1 fully saturated rings. The van der Waals surface area contributed by atoms with Crippen LogP contribution in [0.1, 0.15) is 12.8 Å². The van der Waals surface area contributed by atoms with E-state index in [0.29, 0.717) is 37.5 Å². The SMILES string of the molecule is CN(C)C1=NC2(CCN(c3ncnc4nc[nH]c34)CC2)C(=O)N1. The van der Waals surface area contributed by atoms with Gasteiger partial charge in [0.05, 0.1) is 6.33 Å². The third kappa shape index (κ3) is 2.11. The van der Waals surface area contributed by atoms with Crippen molar-refractivity contribution in [1.82, 2.24) is 30.2 Å². The predicted molar refractivity (Wildman–Crippen MR) is 85.1 cm³/mol. The Morgan fingerprint density at radius 3 is 2.70 bits per heavy atom. The molecule has 9 heteroatoms. The molecule has 0 aromatic carbocycles. The number of nitrogens with one attached hydrogen (secondary N) is 2. The van der Waals surface area contributed by atoms with Crippen LogP contribution in [0.3, 0.4) is 0 Å². The van der Waals surface area contributed by atoms with E-state index in [4.69, 9.17) is 0 Å². The van der Waals surface area contributed by atoms with Gasteiger partial charge in [-0.1, -0.05) is 0 Å². The van der Waals surface area contributed by atoms with Crippen LogP contribution in [0.4, 0.5) is 5.82 Å². The highest BCUT2D eigenvalue weighted by Gasteiger charge is 2.46. The van der Waals surface area contributed by atoms with Gasteiger partial charge in [0.25, 0.3) is 5.91 Å². The first kappa shape index (κ1) is 13.9. The first-order valence-electron chi connectivity index (χ1n) is 7.57. The van der Waals surface area contributed by atoms with Gasteiger partial charge in [-0.05, 0) is 12.8 Å². The molecule has 2 aromatic rings. The number of carbonyl (C=O) groups excluding carboxylic acids is 1. The van der Waals surface area contributed by atoms with E-state index in [0.717, 1.165) is 11.3 Å². The van der Waals surface area contributed by atoms with Crippen molar-refractivity contribution in [3.05, 3.63) is 12.7 Å². The van der Waals surface area contributed by atoms with Crippen molar-refractivity contribution in [2.24, 2.45) is 4.99 Å². The van der Waals surface area contributed by atoms with E-state index in [2.05, 4.69) is 35.1 Å². The average Bonchev–Trinajstić information content (AvgIpc) is 3.14. The van der Waals surface area contributed by atoms with Crippen LogP contribution in [0.15, 0.2) is 17.6 Å². The largest absolute Gasteiger partial charge is 0.355 e. The van der Waals surface area contributed by atoms with Crippen LogP contribution in [0.2, 0.25) is 0 Å². The number of H-pyrrole nitrogens is 1. The van der Waals surface area contributed by atoms with E-state index in [1.807, 2.05) is 19.0 Å². The molecule has 0 saturated carbocycles. The number of guanidine groups is 1. The fraction of sp³-hybridized carbons (Fsp3) is 0.500. The number of piperidine rings is 1. The summed E-state index contributed by atoms with van der Waals surface area (Å²) in [4.78, 5) is 36.8. The van der Waals surface area contributed by atoms with E-state index < -0.39 is 5.54 Å². The number of aromatic nitrogens is 4. The van der Waals surface area contributed by atoms with E-state index in [1.165, 1.54) is 6.33 Å². The topological polar surface area (TPSA) is 102 Å². The second kappa shape index (κ2) is 4.90. The molecule has 2 aliphatic heterocycles. The summed E-state index contributed by atoms with van der Waals surface area (Å²) in [6, 6.07) is 0. The fourth-order valence-corrected chi connectivity index (χ4v) is 3.13. The van der Waals surface area contributed by atoms with Gasteiger partial charge < -0.3 is 14.8 Å². The first-order valence-corrected chi connectivity index (χ1v) is 7.57. The van der Waals surface area contributed by atoms with Gasteiger partial charge in [-0.25, -0.2) is 19.9 Å². The van der Waals surface area contributed by atoms with Crippen LogP contribution in [0.25, 0.3) is 11.2 Å². The van der Waals surface area contributed by atoms with Gasteiger partial charge in [0.2, 0.25) is 5.96 Å². The highest BCUT2D eigenvalue weighted by Crippen LogP contribution is 2.33. The lowest BCUT2D eigenvalue weighted by molar-refractivity contribution is -0.124. The van der Waals surface area contributed by atoms with E-state index in [-0.39, 0.29) is 5.91 Å². The number of aromatic amines is 1. The lowest BCUT2D eigenvalue weighted by Gasteiger charge is -2.36. The highest BCUT2D eigenvalue weighted by molar-refractivity contribution is 6.07. The lowest BCUT2D eigenvalue weighted by atomic mass is 9.88. The van der Waals surface area contributed by atoms with Crippen molar-refractivity contribution in [2.75, 3.05) is 32.1 Å². The molecule has 1 saturated heterocycles. The van der Waals surface area contributed by atoms with Crippen molar-refractivity contribution < 1.29 is 4.79 Å². The number of aliphatic imine (C=N–C) groups is 1. The molecule has 2 aromatic heterocycles. The zero-order chi connectivity index (χ0) is 16.0. The van der Waals surface area contributed by atoms with E-state index >= 15 is 0 Å². The number of anilines is 1. The van der Waals surface area contributed by atoms with Crippen molar-refractivity contribution in [3.63, 3.8) is 0 Å². The number of rotatable bonds is 1. The van der Waals surface area contributed by atoms with Crippen molar-refractivity contribution >= 4 is 28.8 Å². The number of amides is 1. The maximum atomic E-state index is 12.4. The normalized spacial score (nSPS) is 20.0. The molecular formula is C14H18N8O. The Labute approximate surface area is 132 Å². The molecule has 0 aliphatic carbocycles. The van der Waals surface area contributed by atoms with Gasteiger partial charge in [-0.2, -0.15) is 0 Å². The maximum absolute atomic E-state index is 12.4. The molecule has 120 valence electrons. The van der Waals surface area contributed by atoms with E-state index in [9.17, 15) is 4.79 Å². The highest BCUT2D eigenvalue weighted by atomic mass is 16.2. The Bertz CT molecular complexity index is 787. The summed E-state index contributed by atoms with van der Waals surface area (Å²) in [7, 11) is 3.76. The van der Waals surface area contributed by atoms with Crippen molar-refractivity contribution in [3.8, 4) is 0 Å². The molecule has 0 bridgehead atoms. The molecule has 4 rings (SSSR count). The third-order valence-corrected chi connectivity index (χ3v) is 4.48. The van der Waals surface area contributed by atoms with Gasteiger partial charge in [0.15, 0.2) is 11.5 Å². The second-order valence-electron chi connectivity index (χ2n) is 6.10. The summed E-state index contributed by atoms with van der Waals surface area (Å²) in [5.41, 5.74) is 0.842. The Morgan fingerprint density at radius 2 is 2.00 bits per heavy atom. The zero-order valence-electron chi connectivity index (χ0n) is 13.1. The minimum Gasteiger partial charge on any atom is -0.355 e. The monoisotopic (exact) mass is 314 g/mol. The Morgan fingerprint density at radius 1 is 1.22 bits per heavy atom. The Kier molecular flexibility index (Phi) is 2.97. The van der Waals surface area contributed by atoms with Gasteiger partial charge in [-0.15, -0.1) is 0 Å². The minimum atomic E-state index is -0.643. The Hall–Kier alpha value is -2.71. The van der Waals surface area contributed by atoms with Crippen LogP contribution in [-0.4, -0.2) is 69.4 Å². The summed E-state index contributed by atoms with van der Waals surface area (Å²) in [6.45, 7) is 1.42. The molecule has 2 N–H and O–H groups in total. The molecule has 0 unspecified atom stereocenters. The first-order chi connectivity index (χ1) is 11.1. The van der Waals surface area contributed by atoms with Crippen LogP contribution in [0.5, 0.6) is 0 Å². The lowest BCUT2D eigenvalue weighted by Crippen LogP contribution is -2.49. The standard InChI is InChI=1S/C14H18N8O/c1-21(2)13-19-12(23)14(20-13)3-5-22(6-4-14)11-9-10(16-7-15-9)17-8-18-11/h7-8H,3-6H2,1-2H3,(H,19,20,23)(H,15,16,17,18). The number of nitrogens with zero attached hydrogens (tertiary/aromatic N) is 6. The van der Waals surface area contributed by atoms with Crippen LogP contribution in [-0.2, 0) is 4.79 Å². The average molecular weight is 314 g/mol. The number of hydrogen-bond acceptors (Lipinski definition) is 7. The predicted octanol–water partition coefficient (Wildman–Crippen LogP) is -0.261. The molecule has 1 spiro atoms. The summed E-state index contributed by atoms with van der Waals surface area (Å²) in [5, 5.41) is 2.87. The van der Waals surface area contributed by atoms with Gasteiger partial charge in [-0.3, -0.25) is 10.1 Å². The number of hydrogen-bond donors (Lipinski definition) is 2. The molecule has 0 atom stereocenters. The molecule has 0 radical (unpaired) electrons. The summed E-state index contributed by atoms with van der Waals surface area (Å²) in [5.74, 6) is 1.47. The van der Waals surface area contributed by atoms with Gasteiger partial charge in [0, 0.05) is 27.2 Å². The van der Waals surface area contributed by atoms with E-state index in [1.54, 1.807) is 6.33 Å². The second-order valence-corrected chi connectivity index (χ2v) is 6.10. The van der Waals surface area contributed by atoms with Gasteiger partial charge >= 0.3 is 0 Å². The molecule has 23 heavy (non-hydrogen) atoms. The van der Waals surface area contributed by atoms with Crippen LogP contribution < -0.4 is 10.2 Å². The van der Waals surface area contributed by atoms with Crippen molar-refractivity contribution in [2.45, 2.75) is 18.4 Å². The fourth-order valence-electron chi connectivity index (χ4n) is 3.13. The molecular weight excluding hydrogens is 296 g/mol. The van der Waals surface area contributed by atoms with Gasteiger partial charge in [0.1, 0.15) is 17.4 Å². The Balaban J connectivity index is 1.58. The molecule has 9 nitrogen and oxygen atoms in total. The zero-order valence-corrected chi connectivity index (χ0v) is 13.1. The van der Waals surface area contributed by atoms with Crippen LogP contribution in [0, 0.1) is 0 Å². The molecule has 4 heterocycles. The smallest absolute Gasteiger partial charge is 0.254 e. The summed E-state index contributed by atoms with van der Waals surface area (Å²) in [6.07, 6.45) is 4.46.